The standard InChI is InChI=1S/C12H16ClNO3/c1-7(6-15)8(2)14-9-3-4-10(12(16)17)11(13)5-9/h3-5,7-8,14-15H,6H2,1-2H3,(H,16,17). The maximum Gasteiger partial charge on any atom is 0.337 e. The van der Waals surface area contributed by atoms with Crippen LogP contribution in [0.1, 0.15) is 24.2 Å². The van der Waals surface area contributed by atoms with Crippen molar-refractivity contribution < 1.29 is 15.0 Å². The number of aliphatic hydroxyl groups is 1. The zero-order chi connectivity index (χ0) is 13.0. The van der Waals surface area contributed by atoms with E-state index in [9.17, 15) is 4.79 Å². The molecule has 0 amide bonds. The van der Waals surface area contributed by atoms with Crippen molar-refractivity contribution in [1.82, 2.24) is 0 Å². The lowest BCUT2D eigenvalue weighted by molar-refractivity contribution is 0.0697. The lowest BCUT2D eigenvalue weighted by Crippen LogP contribution is -2.26. The highest BCUT2D eigenvalue weighted by Crippen LogP contribution is 2.22. The van der Waals surface area contributed by atoms with Gasteiger partial charge in [0.2, 0.25) is 0 Å². The summed E-state index contributed by atoms with van der Waals surface area (Å²) in [6.07, 6.45) is 0. The van der Waals surface area contributed by atoms with Gasteiger partial charge in [-0.2, -0.15) is 0 Å². The third kappa shape index (κ3) is 3.61. The third-order valence-electron chi connectivity index (χ3n) is 2.74. The highest BCUT2D eigenvalue weighted by molar-refractivity contribution is 6.33. The number of halogens is 1. The van der Waals surface area contributed by atoms with Crippen LogP contribution in [0.15, 0.2) is 18.2 Å². The van der Waals surface area contributed by atoms with E-state index in [0.717, 1.165) is 5.69 Å². The molecule has 0 aliphatic heterocycles. The van der Waals surface area contributed by atoms with E-state index in [1.165, 1.54) is 6.07 Å². The highest BCUT2D eigenvalue weighted by atomic mass is 35.5. The van der Waals surface area contributed by atoms with Crippen molar-refractivity contribution in [2.75, 3.05) is 11.9 Å². The fourth-order valence-corrected chi connectivity index (χ4v) is 1.60. The minimum Gasteiger partial charge on any atom is -0.478 e. The number of hydrogen-bond donors (Lipinski definition) is 3. The Balaban J connectivity index is 2.81. The molecular formula is C12H16ClNO3. The average Bonchev–Trinajstić information content (AvgIpc) is 2.27. The Kier molecular flexibility index (Phi) is 4.78. The summed E-state index contributed by atoms with van der Waals surface area (Å²) in [6.45, 7) is 3.96. The van der Waals surface area contributed by atoms with E-state index in [2.05, 4.69) is 5.32 Å². The molecule has 0 aliphatic rings. The number of carbonyl (C=O) groups is 1. The Hall–Kier alpha value is -1.26. The zero-order valence-corrected chi connectivity index (χ0v) is 10.5. The first kappa shape index (κ1) is 13.8. The average molecular weight is 258 g/mol. The van der Waals surface area contributed by atoms with E-state index >= 15 is 0 Å². The Morgan fingerprint density at radius 2 is 2.12 bits per heavy atom. The quantitative estimate of drug-likeness (QED) is 0.758. The zero-order valence-electron chi connectivity index (χ0n) is 9.77. The second-order valence-corrected chi connectivity index (χ2v) is 4.50. The molecule has 0 bridgehead atoms. The Morgan fingerprint density at radius 1 is 1.47 bits per heavy atom. The fraction of sp³-hybridized carbons (Fsp3) is 0.417. The number of nitrogens with one attached hydrogen (secondary N) is 1. The predicted molar refractivity (Wildman–Crippen MR) is 67.7 cm³/mol. The van der Waals surface area contributed by atoms with Gasteiger partial charge in [0.1, 0.15) is 0 Å². The molecule has 94 valence electrons. The van der Waals surface area contributed by atoms with Crippen LogP contribution in [-0.4, -0.2) is 28.8 Å². The van der Waals surface area contributed by atoms with Gasteiger partial charge in [0, 0.05) is 18.3 Å². The number of aliphatic hydroxyl groups excluding tert-OH is 1. The summed E-state index contributed by atoms with van der Waals surface area (Å²) < 4.78 is 0. The molecule has 2 atom stereocenters. The molecule has 0 heterocycles. The van der Waals surface area contributed by atoms with Gasteiger partial charge in [-0.25, -0.2) is 4.79 Å². The Labute approximate surface area is 105 Å². The van der Waals surface area contributed by atoms with Gasteiger partial charge in [-0.15, -0.1) is 0 Å². The minimum atomic E-state index is -1.04. The maximum absolute atomic E-state index is 10.8. The van der Waals surface area contributed by atoms with Crippen molar-refractivity contribution in [3.63, 3.8) is 0 Å². The van der Waals surface area contributed by atoms with Gasteiger partial charge in [-0.3, -0.25) is 0 Å². The van der Waals surface area contributed by atoms with Crippen LogP contribution in [0.25, 0.3) is 0 Å². The van der Waals surface area contributed by atoms with Crippen molar-refractivity contribution in [2.24, 2.45) is 5.92 Å². The van der Waals surface area contributed by atoms with Crippen molar-refractivity contribution in [3.05, 3.63) is 28.8 Å². The number of benzene rings is 1. The van der Waals surface area contributed by atoms with Crippen molar-refractivity contribution in [2.45, 2.75) is 19.9 Å². The van der Waals surface area contributed by atoms with E-state index in [-0.39, 0.29) is 29.2 Å². The second kappa shape index (κ2) is 5.89. The largest absolute Gasteiger partial charge is 0.478 e. The summed E-state index contributed by atoms with van der Waals surface area (Å²) in [7, 11) is 0. The Morgan fingerprint density at radius 3 is 2.59 bits per heavy atom. The molecule has 0 aliphatic carbocycles. The Bertz CT molecular complexity index is 409. The van der Waals surface area contributed by atoms with Gasteiger partial charge >= 0.3 is 5.97 Å². The van der Waals surface area contributed by atoms with Crippen LogP contribution in [0.3, 0.4) is 0 Å². The third-order valence-corrected chi connectivity index (χ3v) is 3.05. The van der Waals surface area contributed by atoms with Crippen LogP contribution in [0.2, 0.25) is 5.02 Å². The molecule has 0 saturated carbocycles. The first-order valence-corrected chi connectivity index (χ1v) is 5.73. The predicted octanol–water partition coefficient (Wildman–Crippen LogP) is 2.47. The van der Waals surface area contributed by atoms with Gasteiger partial charge < -0.3 is 15.5 Å². The van der Waals surface area contributed by atoms with E-state index in [1.807, 2.05) is 13.8 Å². The maximum atomic E-state index is 10.8. The molecule has 0 fully saturated rings. The number of hydrogen-bond acceptors (Lipinski definition) is 3. The number of anilines is 1. The van der Waals surface area contributed by atoms with Gasteiger partial charge in [-0.05, 0) is 31.0 Å². The number of carboxylic acid groups (broad SMARTS) is 1. The van der Waals surface area contributed by atoms with Crippen molar-refractivity contribution in [3.8, 4) is 0 Å². The molecule has 2 unspecified atom stereocenters. The SMILES string of the molecule is CC(CO)C(C)Nc1ccc(C(=O)O)c(Cl)c1. The first-order chi connectivity index (χ1) is 7.95. The molecule has 3 N–H and O–H groups in total. The molecule has 0 saturated heterocycles. The second-order valence-electron chi connectivity index (χ2n) is 4.09. The van der Waals surface area contributed by atoms with Crippen LogP contribution in [0.5, 0.6) is 0 Å². The van der Waals surface area contributed by atoms with Crippen LogP contribution in [0, 0.1) is 5.92 Å². The molecule has 4 nitrogen and oxygen atoms in total. The van der Waals surface area contributed by atoms with Gasteiger partial charge in [0.05, 0.1) is 10.6 Å². The summed E-state index contributed by atoms with van der Waals surface area (Å²) in [5.41, 5.74) is 0.827. The van der Waals surface area contributed by atoms with Crippen LogP contribution < -0.4 is 5.32 Å². The van der Waals surface area contributed by atoms with Gasteiger partial charge in [0.15, 0.2) is 0 Å². The van der Waals surface area contributed by atoms with Crippen molar-refractivity contribution in [1.29, 1.82) is 0 Å². The summed E-state index contributed by atoms with van der Waals surface area (Å²) in [5, 5.41) is 21.2. The smallest absolute Gasteiger partial charge is 0.337 e. The normalized spacial score (nSPS) is 14.1. The molecule has 0 radical (unpaired) electrons. The molecule has 1 aromatic rings. The van der Waals surface area contributed by atoms with E-state index in [4.69, 9.17) is 21.8 Å². The fourth-order valence-electron chi connectivity index (χ4n) is 1.34. The van der Waals surface area contributed by atoms with E-state index < -0.39 is 5.97 Å². The lowest BCUT2D eigenvalue weighted by atomic mass is 10.0. The minimum absolute atomic E-state index is 0.0757. The highest BCUT2D eigenvalue weighted by Gasteiger charge is 2.13. The summed E-state index contributed by atoms with van der Waals surface area (Å²) in [5.74, 6) is -0.939. The van der Waals surface area contributed by atoms with Gasteiger partial charge in [0.25, 0.3) is 0 Å². The van der Waals surface area contributed by atoms with Gasteiger partial charge in [-0.1, -0.05) is 18.5 Å². The van der Waals surface area contributed by atoms with E-state index in [0.29, 0.717) is 0 Å². The van der Waals surface area contributed by atoms with Crippen LogP contribution in [-0.2, 0) is 0 Å². The summed E-state index contributed by atoms with van der Waals surface area (Å²) in [4.78, 5) is 10.8. The lowest BCUT2D eigenvalue weighted by Gasteiger charge is -2.20. The number of rotatable bonds is 5. The molecule has 1 aromatic carbocycles. The van der Waals surface area contributed by atoms with Crippen LogP contribution >= 0.6 is 11.6 Å². The summed E-state index contributed by atoms with van der Waals surface area (Å²) >= 11 is 5.85. The number of carboxylic acids is 1. The first-order valence-electron chi connectivity index (χ1n) is 5.36. The summed E-state index contributed by atoms with van der Waals surface area (Å²) in [6, 6.07) is 4.77. The molecule has 5 heteroatoms. The molecule has 0 spiro atoms. The van der Waals surface area contributed by atoms with Crippen molar-refractivity contribution >= 4 is 23.3 Å². The topological polar surface area (TPSA) is 69.6 Å². The molecular weight excluding hydrogens is 242 g/mol. The number of aromatic carboxylic acids is 1. The monoisotopic (exact) mass is 257 g/mol. The van der Waals surface area contributed by atoms with Crippen LogP contribution in [0.4, 0.5) is 5.69 Å². The van der Waals surface area contributed by atoms with E-state index in [1.54, 1.807) is 12.1 Å². The molecule has 17 heavy (non-hydrogen) atoms. The molecule has 0 aromatic heterocycles. The molecule has 1 rings (SSSR count).